The van der Waals surface area contributed by atoms with Crippen LogP contribution < -0.4 is 0 Å². The first kappa shape index (κ1) is 18.4. The highest BCUT2D eigenvalue weighted by atomic mass is 35.5. The van der Waals surface area contributed by atoms with Crippen LogP contribution in [0.3, 0.4) is 0 Å². The van der Waals surface area contributed by atoms with Crippen molar-refractivity contribution in [2.24, 2.45) is 0 Å². The second-order valence-electron chi connectivity index (χ2n) is 3.37. The molecule has 0 aliphatic heterocycles. The van der Waals surface area contributed by atoms with Crippen molar-refractivity contribution in [2.75, 3.05) is 0 Å². The fourth-order valence-electron chi connectivity index (χ4n) is 1.05. The van der Waals surface area contributed by atoms with E-state index in [1.165, 1.54) is 0 Å². The van der Waals surface area contributed by atoms with Gasteiger partial charge >= 0.3 is 0 Å². The van der Waals surface area contributed by atoms with Crippen LogP contribution in [0.15, 0.2) is 29.2 Å². The number of hydrogen-bond donors (Lipinski definition) is 2. The van der Waals surface area contributed by atoms with Crippen LogP contribution in [0.1, 0.15) is 0 Å². The summed E-state index contributed by atoms with van der Waals surface area (Å²) < 4.78 is 0. The summed E-state index contributed by atoms with van der Waals surface area (Å²) in [5.41, 5.74) is 0. The second kappa shape index (κ2) is 8.09. The lowest BCUT2D eigenvalue weighted by molar-refractivity contribution is 0.476. The molecule has 0 atom stereocenters. The molecule has 0 heterocycles. The van der Waals surface area contributed by atoms with Gasteiger partial charge in [0, 0.05) is 4.90 Å². The van der Waals surface area contributed by atoms with Crippen molar-refractivity contribution in [3.8, 4) is 5.75 Å². The summed E-state index contributed by atoms with van der Waals surface area (Å²) in [5.74, 6) is -0.363. The molecule has 0 spiro atoms. The quantitative estimate of drug-likeness (QED) is 0.265. The van der Waals surface area contributed by atoms with Gasteiger partial charge in [0.25, 0.3) is 0 Å². The van der Waals surface area contributed by atoms with Crippen molar-refractivity contribution in [3.05, 3.63) is 54.4 Å². The Balaban J connectivity index is 0.000000217. The molecule has 0 bridgehead atoms. The van der Waals surface area contributed by atoms with E-state index in [1.807, 2.05) is 24.3 Å². The van der Waals surface area contributed by atoms with Crippen LogP contribution in [0, 0.1) is 0 Å². The van der Waals surface area contributed by atoms with Gasteiger partial charge in [-0.25, -0.2) is 0 Å². The molecule has 0 radical (unpaired) electrons. The molecule has 0 aromatic heterocycles. The van der Waals surface area contributed by atoms with Crippen molar-refractivity contribution in [3.63, 3.8) is 0 Å². The molecule has 2 aromatic rings. The minimum absolute atomic E-state index is 0.00904. The molecule has 1 nitrogen and oxygen atoms in total. The van der Waals surface area contributed by atoms with Gasteiger partial charge in [-0.05, 0) is 12.1 Å². The molecule has 20 heavy (non-hydrogen) atoms. The topological polar surface area (TPSA) is 20.2 Å². The molecular formula is C12H6Cl6OS. The van der Waals surface area contributed by atoms with Crippen LogP contribution in [0.4, 0.5) is 0 Å². The van der Waals surface area contributed by atoms with Crippen molar-refractivity contribution < 1.29 is 5.11 Å². The molecule has 108 valence electrons. The standard InChI is InChI=1S/C6HCl5O.C6H5ClS/c7-1-2(8)4(10)6(12)5(11)3(1)9;7-5-3-1-2-4-6(5)8/h12H;1-4,8H. The van der Waals surface area contributed by atoms with Crippen molar-refractivity contribution in [1.29, 1.82) is 0 Å². The third-order valence-corrected chi connectivity index (χ3v) is 5.15. The molecule has 0 saturated heterocycles. The predicted molar refractivity (Wildman–Crippen MR) is 91.9 cm³/mol. The number of phenolic OH excluding ortho intramolecular Hbond substituents is 1. The molecular weight excluding hydrogens is 405 g/mol. The fourth-order valence-corrected chi connectivity index (χ4v) is 2.47. The first-order valence-corrected chi connectivity index (χ1v) is 7.62. The largest absolute Gasteiger partial charge is 0.505 e. The van der Waals surface area contributed by atoms with Gasteiger partial charge in [-0.3, -0.25) is 0 Å². The molecule has 0 aliphatic rings. The minimum Gasteiger partial charge on any atom is -0.505 e. The van der Waals surface area contributed by atoms with Crippen LogP contribution >= 0.6 is 82.2 Å². The Morgan fingerprint density at radius 1 is 0.700 bits per heavy atom. The van der Waals surface area contributed by atoms with Crippen LogP contribution in [-0.4, -0.2) is 5.11 Å². The maximum atomic E-state index is 9.20. The van der Waals surface area contributed by atoms with Crippen LogP contribution in [0.2, 0.25) is 30.1 Å². The highest BCUT2D eigenvalue weighted by Crippen LogP contribution is 2.47. The maximum absolute atomic E-state index is 9.20. The molecule has 0 unspecified atom stereocenters. The highest BCUT2D eigenvalue weighted by molar-refractivity contribution is 7.80. The van der Waals surface area contributed by atoms with E-state index >= 15 is 0 Å². The Bertz CT molecular complexity index is 506. The SMILES string of the molecule is Oc1c(Cl)c(Cl)c(Cl)c(Cl)c1Cl.Sc1ccccc1Cl. The van der Waals surface area contributed by atoms with Gasteiger partial charge in [-0.2, -0.15) is 0 Å². The highest BCUT2D eigenvalue weighted by Gasteiger charge is 2.18. The average Bonchev–Trinajstić information content (AvgIpc) is 2.45. The van der Waals surface area contributed by atoms with E-state index in [1.54, 1.807) is 0 Å². The molecule has 0 aliphatic carbocycles. The first-order valence-electron chi connectivity index (χ1n) is 4.91. The number of hydrogen-bond acceptors (Lipinski definition) is 2. The van der Waals surface area contributed by atoms with E-state index in [9.17, 15) is 5.11 Å². The van der Waals surface area contributed by atoms with E-state index < -0.39 is 0 Å². The Kier molecular flexibility index (Phi) is 7.44. The molecule has 2 aromatic carbocycles. The summed E-state index contributed by atoms with van der Waals surface area (Å²) in [4.78, 5) is 0.828. The van der Waals surface area contributed by atoms with Crippen LogP contribution in [0.25, 0.3) is 0 Å². The van der Waals surface area contributed by atoms with Gasteiger partial charge in [0.05, 0.1) is 20.1 Å². The molecule has 8 heteroatoms. The summed E-state index contributed by atoms with van der Waals surface area (Å²) in [5, 5.41) is 9.72. The zero-order valence-electron chi connectivity index (χ0n) is 9.47. The Morgan fingerprint density at radius 2 is 1.10 bits per heavy atom. The molecule has 2 rings (SSSR count). The van der Waals surface area contributed by atoms with Crippen molar-refractivity contribution in [2.45, 2.75) is 4.90 Å². The summed E-state index contributed by atoms with van der Waals surface area (Å²) in [7, 11) is 0. The normalized spacial score (nSPS) is 9.95. The molecule has 0 fully saturated rings. The maximum Gasteiger partial charge on any atom is 0.155 e. The fraction of sp³-hybridized carbons (Fsp3) is 0. The van der Waals surface area contributed by atoms with E-state index in [2.05, 4.69) is 12.6 Å². The number of rotatable bonds is 0. The van der Waals surface area contributed by atoms with Crippen LogP contribution in [0.5, 0.6) is 5.75 Å². The van der Waals surface area contributed by atoms with Crippen molar-refractivity contribution in [1.82, 2.24) is 0 Å². The van der Waals surface area contributed by atoms with Gasteiger partial charge in [-0.15, -0.1) is 12.6 Å². The molecule has 1 N–H and O–H groups in total. The first-order chi connectivity index (χ1) is 9.27. The van der Waals surface area contributed by atoms with E-state index in [-0.39, 0.29) is 30.9 Å². The van der Waals surface area contributed by atoms with Gasteiger partial charge < -0.3 is 5.11 Å². The lowest BCUT2D eigenvalue weighted by Crippen LogP contribution is -1.78. The van der Waals surface area contributed by atoms with Gasteiger partial charge in [0.2, 0.25) is 0 Å². The number of phenols is 1. The predicted octanol–water partition coefficient (Wildman–Crippen LogP) is 7.29. The molecule has 0 amide bonds. The smallest absolute Gasteiger partial charge is 0.155 e. The summed E-state index contributed by atoms with van der Waals surface area (Å²) in [6.45, 7) is 0. The van der Waals surface area contributed by atoms with Gasteiger partial charge in [-0.1, -0.05) is 81.7 Å². The minimum atomic E-state index is -0.363. The van der Waals surface area contributed by atoms with Crippen molar-refractivity contribution >= 4 is 82.2 Å². The summed E-state index contributed by atoms with van der Waals surface area (Å²) >= 11 is 37.6. The molecule has 0 saturated carbocycles. The van der Waals surface area contributed by atoms with Crippen LogP contribution in [-0.2, 0) is 0 Å². The third kappa shape index (κ3) is 4.41. The monoisotopic (exact) mass is 408 g/mol. The number of halogens is 6. The van der Waals surface area contributed by atoms with E-state index in [4.69, 9.17) is 69.6 Å². The second-order valence-corrected chi connectivity index (χ2v) is 6.15. The Hall–Kier alpha value is 0.330. The number of aromatic hydroxyl groups is 1. The van der Waals surface area contributed by atoms with E-state index in [0.717, 1.165) is 4.90 Å². The number of thiol groups is 1. The average molecular weight is 411 g/mol. The Labute approximate surface area is 151 Å². The van der Waals surface area contributed by atoms with Gasteiger partial charge in [0.1, 0.15) is 10.0 Å². The Morgan fingerprint density at radius 3 is 1.45 bits per heavy atom. The third-order valence-electron chi connectivity index (χ3n) is 2.04. The number of benzene rings is 2. The zero-order valence-corrected chi connectivity index (χ0v) is 14.9. The summed E-state index contributed by atoms with van der Waals surface area (Å²) in [6.07, 6.45) is 0. The summed E-state index contributed by atoms with van der Waals surface area (Å²) in [6, 6.07) is 7.44. The van der Waals surface area contributed by atoms with E-state index in [0.29, 0.717) is 5.02 Å². The lowest BCUT2D eigenvalue weighted by Gasteiger charge is -2.06. The zero-order chi connectivity index (χ0) is 15.4. The van der Waals surface area contributed by atoms with Gasteiger partial charge in [0.15, 0.2) is 5.75 Å². The lowest BCUT2D eigenvalue weighted by atomic mass is 10.3.